The highest BCUT2D eigenvalue weighted by Crippen LogP contribution is 2.48. The van der Waals surface area contributed by atoms with Crippen LogP contribution in [0.2, 0.25) is 0 Å². The van der Waals surface area contributed by atoms with Gasteiger partial charge in [-0.3, -0.25) is 0 Å². The molecule has 0 amide bonds. The van der Waals surface area contributed by atoms with Gasteiger partial charge in [0, 0.05) is 29.1 Å². The van der Waals surface area contributed by atoms with Crippen LogP contribution in [0.3, 0.4) is 0 Å². The maximum absolute atomic E-state index is 14.9. The van der Waals surface area contributed by atoms with Crippen LogP contribution in [0.25, 0.3) is 11.1 Å². The number of aromatic hydroxyl groups is 1. The zero-order valence-electron chi connectivity index (χ0n) is 18.3. The van der Waals surface area contributed by atoms with Crippen molar-refractivity contribution < 1.29 is 9.50 Å². The largest absolute Gasteiger partial charge is 0.507 e. The summed E-state index contributed by atoms with van der Waals surface area (Å²) in [7, 11) is 0. The Bertz CT molecular complexity index is 1490. The summed E-state index contributed by atoms with van der Waals surface area (Å²) in [5.74, 6) is -0.305. The van der Waals surface area contributed by atoms with Crippen molar-refractivity contribution in [2.75, 3.05) is 0 Å². The second-order valence-electron chi connectivity index (χ2n) is 8.21. The molecule has 1 atom stereocenters. The number of aryl methyl sites for hydroxylation is 1. The summed E-state index contributed by atoms with van der Waals surface area (Å²) < 4.78 is 14.9. The fraction of sp³-hybridized carbons (Fsp3) is 0.111. The minimum absolute atomic E-state index is 0.0210. The molecule has 3 aromatic carbocycles. The lowest BCUT2D eigenvalue weighted by Crippen LogP contribution is -2.26. The second kappa shape index (κ2) is 8.09. The van der Waals surface area contributed by atoms with Crippen molar-refractivity contribution in [3.8, 4) is 22.9 Å². The van der Waals surface area contributed by atoms with Crippen molar-refractivity contribution in [1.29, 1.82) is 5.26 Å². The summed E-state index contributed by atoms with van der Waals surface area (Å²) in [6.45, 7) is 1.76. The van der Waals surface area contributed by atoms with E-state index in [1.54, 1.807) is 31.5 Å². The third kappa shape index (κ3) is 3.20. The second-order valence-corrected chi connectivity index (χ2v) is 8.21. The number of phenols is 1. The Labute approximate surface area is 195 Å². The van der Waals surface area contributed by atoms with Gasteiger partial charge in [0.05, 0.1) is 18.1 Å². The number of halogens is 1. The van der Waals surface area contributed by atoms with Crippen LogP contribution in [0, 0.1) is 24.1 Å². The Morgan fingerprint density at radius 1 is 1.03 bits per heavy atom. The number of benzene rings is 3. The highest BCUT2D eigenvalue weighted by Gasteiger charge is 2.44. The number of phenolic OH excluding ortho intramolecular Hbond substituents is 1. The molecule has 1 aromatic heterocycles. The standard InChI is InChI=1S/C27H20FN5O/c1-16-10-21(12-18(8-9-29)25(16)34)27(22-6-3-7-23(28)24(22)26(30)33-27)20-5-2-4-17(11-20)19-13-31-15-32-14-19/h2-7,10-15,34H,8H2,1H3,(H2,30,33). The smallest absolute Gasteiger partial charge is 0.139 e. The van der Waals surface area contributed by atoms with Gasteiger partial charge in [0.25, 0.3) is 0 Å². The minimum atomic E-state index is -1.17. The quantitative estimate of drug-likeness (QED) is 0.481. The molecule has 1 unspecified atom stereocenters. The monoisotopic (exact) mass is 449 g/mol. The van der Waals surface area contributed by atoms with Gasteiger partial charge in [-0.25, -0.2) is 19.4 Å². The summed E-state index contributed by atoms with van der Waals surface area (Å²) in [5.41, 5.74) is 10.2. The van der Waals surface area contributed by atoms with E-state index in [0.717, 1.165) is 16.7 Å². The Morgan fingerprint density at radius 3 is 2.56 bits per heavy atom. The average molecular weight is 449 g/mol. The number of amidine groups is 1. The number of nitriles is 1. The zero-order valence-corrected chi connectivity index (χ0v) is 18.3. The lowest BCUT2D eigenvalue weighted by molar-refractivity contribution is 0.464. The van der Waals surface area contributed by atoms with Gasteiger partial charge in [-0.1, -0.05) is 30.3 Å². The molecular weight excluding hydrogens is 429 g/mol. The first-order chi connectivity index (χ1) is 16.5. The molecule has 0 bridgehead atoms. The molecule has 7 heteroatoms. The highest BCUT2D eigenvalue weighted by atomic mass is 19.1. The number of fused-ring (bicyclic) bond motifs is 1. The molecule has 166 valence electrons. The maximum atomic E-state index is 14.9. The minimum Gasteiger partial charge on any atom is -0.507 e. The molecule has 0 spiro atoms. The van der Waals surface area contributed by atoms with Gasteiger partial charge in [0.2, 0.25) is 0 Å². The van der Waals surface area contributed by atoms with Gasteiger partial charge >= 0.3 is 0 Å². The van der Waals surface area contributed by atoms with E-state index in [-0.39, 0.29) is 23.6 Å². The molecule has 1 aliphatic heterocycles. The number of nitrogens with zero attached hydrogens (tertiary/aromatic N) is 4. The van der Waals surface area contributed by atoms with Crippen LogP contribution in [-0.2, 0) is 12.0 Å². The van der Waals surface area contributed by atoms with Gasteiger partial charge in [0.1, 0.15) is 29.3 Å². The Morgan fingerprint density at radius 2 is 1.79 bits per heavy atom. The molecule has 4 aromatic rings. The van der Waals surface area contributed by atoms with Gasteiger partial charge in [0.15, 0.2) is 0 Å². The number of aromatic nitrogens is 2. The Balaban J connectivity index is 1.85. The van der Waals surface area contributed by atoms with Crippen molar-refractivity contribution in [2.24, 2.45) is 10.7 Å². The van der Waals surface area contributed by atoms with E-state index in [1.807, 2.05) is 36.4 Å². The number of rotatable bonds is 4. The van der Waals surface area contributed by atoms with Crippen molar-refractivity contribution >= 4 is 5.84 Å². The van der Waals surface area contributed by atoms with Gasteiger partial charge < -0.3 is 10.8 Å². The van der Waals surface area contributed by atoms with E-state index >= 15 is 0 Å². The van der Waals surface area contributed by atoms with Crippen LogP contribution < -0.4 is 5.73 Å². The molecule has 0 aliphatic carbocycles. The van der Waals surface area contributed by atoms with E-state index in [9.17, 15) is 14.8 Å². The van der Waals surface area contributed by atoms with Gasteiger partial charge in [-0.2, -0.15) is 5.26 Å². The van der Waals surface area contributed by atoms with Crippen LogP contribution in [0.15, 0.2) is 78.3 Å². The van der Waals surface area contributed by atoms with Crippen molar-refractivity contribution in [2.45, 2.75) is 18.9 Å². The van der Waals surface area contributed by atoms with E-state index in [1.165, 1.54) is 12.4 Å². The van der Waals surface area contributed by atoms with Crippen LogP contribution in [0.1, 0.15) is 33.4 Å². The first-order valence-electron chi connectivity index (χ1n) is 10.7. The van der Waals surface area contributed by atoms with E-state index in [0.29, 0.717) is 22.3 Å². The maximum Gasteiger partial charge on any atom is 0.139 e. The summed E-state index contributed by atoms with van der Waals surface area (Å²) >= 11 is 0. The van der Waals surface area contributed by atoms with Crippen LogP contribution in [-0.4, -0.2) is 20.9 Å². The van der Waals surface area contributed by atoms with Crippen molar-refractivity contribution in [3.63, 3.8) is 0 Å². The van der Waals surface area contributed by atoms with E-state index < -0.39 is 11.4 Å². The molecule has 2 heterocycles. The summed E-state index contributed by atoms with van der Waals surface area (Å²) in [6.07, 6.45) is 4.92. The average Bonchev–Trinajstić information content (AvgIpc) is 3.17. The van der Waals surface area contributed by atoms with Crippen molar-refractivity contribution in [3.05, 3.63) is 113 Å². The lowest BCUT2D eigenvalue weighted by atomic mass is 9.76. The summed E-state index contributed by atoms with van der Waals surface area (Å²) in [4.78, 5) is 13.1. The summed E-state index contributed by atoms with van der Waals surface area (Å²) in [6, 6.07) is 18.2. The predicted octanol–water partition coefficient (Wildman–Crippen LogP) is 4.37. The SMILES string of the molecule is Cc1cc(C2(c3cccc(-c4cncnc4)c3)N=C(N)c3c(F)cccc32)cc(CC#N)c1O. The molecule has 34 heavy (non-hydrogen) atoms. The predicted molar refractivity (Wildman–Crippen MR) is 127 cm³/mol. The number of hydrogen-bond donors (Lipinski definition) is 2. The zero-order chi connectivity index (χ0) is 23.9. The van der Waals surface area contributed by atoms with E-state index in [4.69, 9.17) is 10.7 Å². The third-order valence-electron chi connectivity index (χ3n) is 6.19. The molecule has 0 radical (unpaired) electrons. The van der Waals surface area contributed by atoms with E-state index in [2.05, 4.69) is 16.0 Å². The first-order valence-corrected chi connectivity index (χ1v) is 10.7. The van der Waals surface area contributed by atoms with Crippen LogP contribution in [0.4, 0.5) is 4.39 Å². The number of aliphatic imine (C=N–C) groups is 1. The molecular formula is C27H20FN5O. The Hall–Kier alpha value is -4.57. The molecule has 0 fully saturated rings. The number of nitrogens with two attached hydrogens (primary N) is 1. The highest BCUT2D eigenvalue weighted by molar-refractivity contribution is 6.03. The molecule has 3 N–H and O–H groups in total. The third-order valence-corrected chi connectivity index (χ3v) is 6.19. The molecule has 5 rings (SSSR count). The topological polar surface area (TPSA) is 108 Å². The molecule has 0 saturated heterocycles. The van der Waals surface area contributed by atoms with Crippen LogP contribution >= 0.6 is 0 Å². The first kappa shape index (κ1) is 21.3. The Kier molecular flexibility index (Phi) is 5.06. The molecule has 0 saturated carbocycles. The fourth-order valence-electron chi connectivity index (χ4n) is 4.64. The number of hydrogen-bond acceptors (Lipinski definition) is 6. The van der Waals surface area contributed by atoms with Gasteiger partial charge in [-0.15, -0.1) is 0 Å². The van der Waals surface area contributed by atoms with Crippen molar-refractivity contribution in [1.82, 2.24) is 9.97 Å². The fourth-order valence-corrected chi connectivity index (χ4v) is 4.64. The molecule has 1 aliphatic rings. The normalized spacial score (nSPS) is 16.6. The lowest BCUT2D eigenvalue weighted by Gasteiger charge is -2.30. The summed E-state index contributed by atoms with van der Waals surface area (Å²) in [5, 5.41) is 19.9. The van der Waals surface area contributed by atoms with Gasteiger partial charge in [-0.05, 0) is 53.4 Å². The molecule has 6 nitrogen and oxygen atoms in total. The van der Waals surface area contributed by atoms with Crippen LogP contribution in [0.5, 0.6) is 5.75 Å².